The Morgan fingerprint density at radius 2 is 1.95 bits per heavy atom. The summed E-state index contributed by atoms with van der Waals surface area (Å²) in [6.07, 6.45) is 1.74. The van der Waals surface area contributed by atoms with E-state index >= 15 is 0 Å². The summed E-state index contributed by atoms with van der Waals surface area (Å²) < 4.78 is 5.95. The van der Waals surface area contributed by atoms with Gasteiger partial charge in [-0.05, 0) is 35.2 Å². The number of para-hydroxylation sites is 1. The molecule has 0 spiro atoms. The maximum atomic E-state index is 5.95. The van der Waals surface area contributed by atoms with Crippen LogP contribution in [-0.2, 0) is 0 Å². The number of nitrogens with zero attached hydrogens (tertiary/aromatic N) is 3. The second kappa shape index (κ2) is 4.95. The normalized spacial score (nSPS) is 11.1. The van der Waals surface area contributed by atoms with Crippen molar-refractivity contribution >= 4 is 44.1 Å². The SMILES string of the molecule is Clc1nc(Oc2cccc3cccnc23)c2ccsc2n1. The molecule has 4 rings (SSSR count). The monoisotopic (exact) mass is 313 g/mol. The van der Waals surface area contributed by atoms with Crippen LogP contribution in [0.1, 0.15) is 0 Å². The van der Waals surface area contributed by atoms with E-state index in [-0.39, 0.29) is 5.28 Å². The van der Waals surface area contributed by atoms with Gasteiger partial charge in [0.05, 0.1) is 5.39 Å². The Morgan fingerprint density at radius 1 is 1.05 bits per heavy atom. The molecule has 0 fully saturated rings. The molecule has 0 aliphatic heterocycles. The van der Waals surface area contributed by atoms with E-state index in [1.165, 1.54) is 11.3 Å². The fourth-order valence-corrected chi connectivity index (χ4v) is 3.11. The molecule has 0 radical (unpaired) electrons. The number of hydrogen-bond donors (Lipinski definition) is 0. The second-order valence-corrected chi connectivity index (χ2v) is 5.60. The second-order valence-electron chi connectivity index (χ2n) is 4.37. The van der Waals surface area contributed by atoms with Gasteiger partial charge in [-0.15, -0.1) is 11.3 Å². The standard InChI is InChI=1S/C15H8ClN3OS/c16-15-18-13(10-6-8-21-14(10)19-15)20-11-5-1-3-9-4-2-7-17-12(9)11/h1-8H. The minimum Gasteiger partial charge on any atom is -0.436 e. The fraction of sp³-hybridized carbons (Fsp3) is 0. The molecule has 0 bridgehead atoms. The van der Waals surface area contributed by atoms with Crippen molar-refractivity contribution in [2.75, 3.05) is 0 Å². The molecule has 4 aromatic rings. The molecular formula is C15H8ClN3OS. The summed E-state index contributed by atoms with van der Waals surface area (Å²) >= 11 is 7.45. The molecule has 3 heterocycles. The number of benzene rings is 1. The van der Waals surface area contributed by atoms with Gasteiger partial charge in [-0.3, -0.25) is 4.98 Å². The van der Waals surface area contributed by atoms with Crippen molar-refractivity contribution in [2.24, 2.45) is 0 Å². The molecule has 0 saturated heterocycles. The van der Waals surface area contributed by atoms with Crippen molar-refractivity contribution in [1.82, 2.24) is 15.0 Å². The van der Waals surface area contributed by atoms with Crippen molar-refractivity contribution in [1.29, 1.82) is 0 Å². The molecule has 0 aliphatic rings. The van der Waals surface area contributed by atoms with E-state index in [1.54, 1.807) is 6.20 Å². The quantitative estimate of drug-likeness (QED) is 0.504. The van der Waals surface area contributed by atoms with Crippen LogP contribution in [0.25, 0.3) is 21.1 Å². The average Bonchev–Trinajstić information content (AvgIpc) is 2.96. The zero-order valence-electron chi connectivity index (χ0n) is 10.7. The van der Waals surface area contributed by atoms with Gasteiger partial charge < -0.3 is 4.74 Å². The Hall–Kier alpha value is -2.24. The highest BCUT2D eigenvalue weighted by Crippen LogP contribution is 2.33. The lowest BCUT2D eigenvalue weighted by atomic mass is 10.2. The highest BCUT2D eigenvalue weighted by atomic mass is 35.5. The van der Waals surface area contributed by atoms with E-state index in [1.807, 2.05) is 41.8 Å². The summed E-state index contributed by atoms with van der Waals surface area (Å²) in [5, 5.41) is 3.96. The molecule has 3 aromatic heterocycles. The first-order valence-corrected chi connectivity index (χ1v) is 7.49. The third kappa shape index (κ3) is 2.20. The molecule has 6 heteroatoms. The molecule has 4 nitrogen and oxygen atoms in total. The first-order valence-electron chi connectivity index (χ1n) is 6.23. The van der Waals surface area contributed by atoms with Crippen molar-refractivity contribution in [3.63, 3.8) is 0 Å². The van der Waals surface area contributed by atoms with E-state index in [9.17, 15) is 0 Å². The van der Waals surface area contributed by atoms with Crippen LogP contribution in [0, 0.1) is 0 Å². The van der Waals surface area contributed by atoms with Crippen LogP contribution in [0.15, 0.2) is 48.0 Å². The number of ether oxygens (including phenoxy) is 1. The largest absolute Gasteiger partial charge is 0.436 e. The first-order chi connectivity index (χ1) is 10.3. The lowest BCUT2D eigenvalue weighted by Crippen LogP contribution is -1.92. The molecule has 0 saturated carbocycles. The highest BCUT2D eigenvalue weighted by molar-refractivity contribution is 7.16. The van der Waals surface area contributed by atoms with Crippen LogP contribution in [0.2, 0.25) is 5.28 Å². The highest BCUT2D eigenvalue weighted by Gasteiger charge is 2.12. The van der Waals surface area contributed by atoms with E-state index in [4.69, 9.17) is 16.3 Å². The van der Waals surface area contributed by atoms with Gasteiger partial charge in [0.2, 0.25) is 11.2 Å². The molecule has 0 atom stereocenters. The van der Waals surface area contributed by atoms with Gasteiger partial charge >= 0.3 is 0 Å². The predicted molar refractivity (Wildman–Crippen MR) is 84.2 cm³/mol. The molecule has 21 heavy (non-hydrogen) atoms. The summed E-state index contributed by atoms with van der Waals surface area (Å²) in [5.41, 5.74) is 0.790. The van der Waals surface area contributed by atoms with E-state index in [0.717, 1.165) is 21.1 Å². The van der Waals surface area contributed by atoms with Gasteiger partial charge in [0, 0.05) is 11.6 Å². The maximum Gasteiger partial charge on any atom is 0.232 e. The molecule has 1 aromatic carbocycles. The van der Waals surface area contributed by atoms with Crippen molar-refractivity contribution < 1.29 is 4.74 Å². The Balaban J connectivity index is 1.89. The summed E-state index contributed by atoms with van der Waals surface area (Å²) in [4.78, 5) is 13.5. The molecule has 0 unspecified atom stereocenters. The number of thiophene rings is 1. The lowest BCUT2D eigenvalue weighted by Gasteiger charge is -2.08. The van der Waals surface area contributed by atoms with E-state index in [0.29, 0.717) is 11.6 Å². The van der Waals surface area contributed by atoms with Crippen LogP contribution in [-0.4, -0.2) is 15.0 Å². The van der Waals surface area contributed by atoms with E-state index < -0.39 is 0 Å². The Morgan fingerprint density at radius 3 is 2.90 bits per heavy atom. The Bertz CT molecular complexity index is 949. The number of fused-ring (bicyclic) bond motifs is 2. The summed E-state index contributed by atoms with van der Waals surface area (Å²) in [7, 11) is 0. The molecule has 0 aliphatic carbocycles. The van der Waals surface area contributed by atoms with E-state index in [2.05, 4.69) is 15.0 Å². The molecule has 102 valence electrons. The van der Waals surface area contributed by atoms with Gasteiger partial charge in [-0.1, -0.05) is 18.2 Å². The minimum atomic E-state index is 0.174. The smallest absolute Gasteiger partial charge is 0.232 e. The molecular weight excluding hydrogens is 306 g/mol. The lowest BCUT2D eigenvalue weighted by molar-refractivity contribution is 0.473. The number of aromatic nitrogens is 3. The van der Waals surface area contributed by atoms with Crippen molar-refractivity contribution in [2.45, 2.75) is 0 Å². The zero-order chi connectivity index (χ0) is 14.2. The topological polar surface area (TPSA) is 47.9 Å². The number of halogens is 1. The summed E-state index contributed by atoms with van der Waals surface area (Å²) in [6, 6.07) is 11.6. The third-order valence-corrected chi connectivity index (χ3v) is 4.04. The summed E-state index contributed by atoms with van der Waals surface area (Å²) in [5.74, 6) is 1.10. The van der Waals surface area contributed by atoms with Crippen LogP contribution < -0.4 is 4.74 Å². The van der Waals surface area contributed by atoms with Crippen molar-refractivity contribution in [3.8, 4) is 11.6 Å². The number of pyridine rings is 1. The van der Waals surface area contributed by atoms with Gasteiger partial charge in [0.1, 0.15) is 10.3 Å². The summed E-state index contributed by atoms with van der Waals surface area (Å²) in [6.45, 7) is 0. The zero-order valence-corrected chi connectivity index (χ0v) is 12.2. The van der Waals surface area contributed by atoms with Gasteiger partial charge in [-0.2, -0.15) is 4.98 Å². The molecule has 0 amide bonds. The number of hydrogen-bond acceptors (Lipinski definition) is 5. The maximum absolute atomic E-state index is 5.95. The minimum absolute atomic E-state index is 0.174. The third-order valence-electron chi connectivity index (χ3n) is 3.07. The van der Waals surface area contributed by atoms with Crippen LogP contribution in [0.3, 0.4) is 0 Å². The average molecular weight is 314 g/mol. The predicted octanol–water partition coefficient (Wildman–Crippen LogP) is 4.69. The van der Waals surface area contributed by atoms with Crippen LogP contribution in [0.5, 0.6) is 11.6 Å². The van der Waals surface area contributed by atoms with Crippen LogP contribution >= 0.6 is 22.9 Å². The Kier molecular flexibility index (Phi) is 2.94. The Labute approximate surface area is 129 Å². The number of rotatable bonds is 2. The molecule has 0 N–H and O–H groups in total. The fourth-order valence-electron chi connectivity index (χ4n) is 2.14. The van der Waals surface area contributed by atoms with Gasteiger partial charge in [0.15, 0.2) is 5.75 Å². The van der Waals surface area contributed by atoms with Crippen LogP contribution in [0.4, 0.5) is 0 Å². The van der Waals surface area contributed by atoms with Gasteiger partial charge in [0.25, 0.3) is 0 Å². The first kappa shape index (κ1) is 12.5. The van der Waals surface area contributed by atoms with Gasteiger partial charge in [-0.25, -0.2) is 4.98 Å². The van der Waals surface area contributed by atoms with Crippen molar-refractivity contribution in [3.05, 3.63) is 53.3 Å².